The van der Waals surface area contributed by atoms with Crippen LogP contribution in [0, 0.1) is 0 Å². The summed E-state index contributed by atoms with van der Waals surface area (Å²) < 4.78 is 36.4. The maximum Gasteiger partial charge on any atom is 0.387 e. The summed E-state index contributed by atoms with van der Waals surface area (Å²) in [6.45, 7) is -2.91. The Kier molecular flexibility index (Phi) is 5.24. The Bertz CT molecular complexity index is 956. The van der Waals surface area contributed by atoms with E-state index in [0.717, 1.165) is 5.56 Å². The summed E-state index contributed by atoms with van der Waals surface area (Å²) in [5.74, 6) is 0.714. The molecule has 3 rings (SSSR count). The minimum absolute atomic E-state index is 0.0172. The molecule has 9 heteroatoms. The molecule has 2 heterocycles. The van der Waals surface area contributed by atoms with Crippen molar-refractivity contribution >= 4 is 33.3 Å². The fourth-order valence-electron chi connectivity index (χ4n) is 2.24. The van der Waals surface area contributed by atoms with Crippen molar-refractivity contribution < 1.29 is 18.3 Å². The van der Waals surface area contributed by atoms with Crippen molar-refractivity contribution in [3.8, 4) is 11.5 Å². The summed E-state index contributed by atoms with van der Waals surface area (Å²) >= 11 is 2.75. The lowest BCUT2D eigenvalue weighted by Crippen LogP contribution is -2.18. The van der Waals surface area contributed by atoms with E-state index in [-0.39, 0.29) is 17.1 Å². The van der Waals surface area contributed by atoms with Crippen LogP contribution in [0.3, 0.4) is 0 Å². The second kappa shape index (κ2) is 7.40. The Hall–Kier alpha value is -2.13. The minimum Gasteiger partial charge on any atom is -0.493 e. The summed E-state index contributed by atoms with van der Waals surface area (Å²) in [6, 6.07) is 6.56. The van der Waals surface area contributed by atoms with Crippen molar-refractivity contribution in [3.63, 3.8) is 0 Å². The lowest BCUT2D eigenvalue weighted by Gasteiger charge is -2.12. The fraction of sp³-hybridized carbons (Fsp3) is 0.250. The number of hydrogen-bond acceptors (Lipinski definition) is 6. The fourth-order valence-corrected chi connectivity index (χ4v) is 3.96. The molecule has 0 aliphatic carbocycles. The van der Waals surface area contributed by atoms with Gasteiger partial charge in [-0.15, -0.1) is 11.3 Å². The molecule has 0 saturated carbocycles. The molecule has 0 spiro atoms. The number of hydrogen-bond donors (Lipinski definition) is 0. The average molecular weight is 384 g/mol. The van der Waals surface area contributed by atoms with Crippen molar-refractivity contribution in [1.82, 2.24) is 9.55 Å². The first-order valence-corrected chi connectivity index (χ1v) is 9.05. The van der Waals surface area contributed by atoms with Crippen LogP contribution in [0.5, 0.6) is 11.5 Å². The van der Waals surface area contributed by atoms with Crippen LogP contribution < -0.4 is 15.0 Å². The van der Waals surface area contributed by atoms with Gasteiger partial charge < -0.3 is 9.47 Å². The number of ether oxygens (including phenoxy) is 2. The van der Waals surface area contributed by atoms with Crippen LogP contribution in [0.2, 0.25) is 0 Å². The van der Waals surface area contributed by atoms with E-state index in [1.807, 2.05) is 11.4 Å². The van der Waals surface area contributed by atoms with Gasteiger partial charge in [-0.25, -0.2) is 4.98 Å². The monoisotopic (exact) mass is 384 g/mol. The van der Waals surface area contributed by atoms with Gasteiger partial charge in [-0.05, 0) is 29.1 Å². The normalized spacial score (nSPS) is 11.2. The van der Waals surface area contributed by atoms with Crippen molar-refractivity contribution in [2.75, 3.05) is 7.11 Å². The standard InChI is InChI=1S/C16H14F2N2O3S2/c1-20-14(21)13-10(5-6-24-13)19-16(20)25-8-9-3-4-11(23-15(17)18)12(7-9)22-2/h3-7,15H,8H2,1-2H3. The molecule has 25 heavy (non-hydrogen) atoms. The second-order valence-corrected chi connectivity index (χ2v) is 6.90. The van der Waals surface area contributed by atoms with Crippen molar-refractivity contribution in [1.29, 1.82) is 0 Å². The Morgan fingerprint density at radius 3 is 2.84 bits per heavy atom. The van der Waals surface area contributed by atoms with Crippen LogP contribution in [0.4, 0.5) is 8.78 Å². The van der Waals surface area contributed by atoms with Gasteiger partial charge in [0.05, 0.1) is 12.6 Å². The SMILES string of the molecule is COc1cc(CSc2nc3ccsc3c(=O)n2C)ccc1OC(F)F. The number of fused-ring (bicyclic) bond motifs is 1. The topological polar surface area (TPSA) is 53.3 Å². The third-order valence-electron chi connectivity index (χ3n) is 3.46. The Morgan fingerprint density at radius 2 is 2.12 bits per heavy atom. The molecule has 3 aromatic rings. The Balaban J connectivity index is 1.82. The van der Waals surface area contributed by atoms with E-state index in [1.54, 1.807) is 19.2 Å². The summed E-state index contributed by atoms with van der Waals surface area (Å²) in [5, 5.41) is 2.42. The maximum atomic E-state index is 12.4. The third-order valence-corrected chi connectivity index (χ3v) is 5.45. The number of benzene rings is 1. The van der Waals surface area contributed by atoms with Crippen LogP contribution in [0.15, 0.2) is 39.6 Å². The predicted octanol–water partition coefficient (Wildman–Crippen LogP) is 3.90. The summed E-state index contributed by atoms with van der Waals surface area (Å²) in [4.78, 5) is 16.8. The second-order valence-electron chi connectivity index (χ2n) is 5.05. The smallest absolute Gasteiger partial charge is 0.387 e. The van der Waals surface area contributed by atoms with Gasteiger partial charge in [0.15, 0.2) is 16.7 Å². The first-order chi connectivity index (χ1) is 12.0. The van der Waals surface area contributed by atoms with E-state index >= 15 is 0 Å². The van der Waals surface area contributed by atoms with Crippen molar-refractivity contribution in [2.24, 2.45) is 7.05 Å². The van der Waals surface area contributed by atoms with Crippen molar-refractivity contribution in [3.05, 3.63) is 45.6 Å². The molecule has 1 aromatic carbocycles. The molecule has 0 fully saturated rings. The number of thiophene rings is 1. The molecular formula is C16H14F2N2O3S2. The van der Waals surface area contributed by atoms with Crippen molar-refractivity contribution in [2.45, 2.75) is 17.5 Å². The number of aromatic nitrogens is 2. The first kappa shape index (κ1) is 17.7. The molecule has 0 aliphatic rings. The van der Waals surface area contributed by atoms with E-state index in [9.17, 15) is 13.6 Å². The Labute approximate surface area is 150 Å². The molecular weight excluding hydrogens is 370 g/mol. The lowest BCUT2D eigenvalue weighted by molar-refractivity contribution is -0.0512. The van der Waals surface area contributed by atoms with Crippen LogP contribution in [-0.2, 0) is 12.8 Å². The number of methoxy groups -OCH3 is 1. The highest BCUT2D eigenvalue weighted by atomic mass is 32.2. The van der Waals surface area contributed by atoms with Gasteiger partial charge in [-0.3, -0.25) is 9.36 Å². The van der Waals surface area contributed by atoms with E-state index in [2.05, 4.69) is 9.72 Å². The molecule has 5 nitrogen and oxygen atoms in total. The highest BCUT2D eigenvalue weighted by molar-refractivity contribution is 7.98. The number of thioether (sulfide) groups is 1. The lowest BCUT2D eigenvalue weighted by atomic mass is 10.2. The summed E-state index contributed by atoms with van der Waals surface area (Å²) in [5.41, 5.74) is 1.43. The molecule has 0 atom stereocenters. The van der Waals surface area contributed by atoms with Gasteiger partial charge in [-0.2, -0.15) is 8.78 Å². The van der Waals surface area contributed by atoms with E-state index in [1.165, 1.54) is 40.8 Å². The highest BCUT2D eigenvalue weighted by Crippen LogP contribution is 2.32. The summed E-state index contributed by atoms with van der Waals surface area (Å²) in [6.07, 6.45) is 0. The molecule has 0 saturated heterocycles. The molecule has 0 N–H and O–H groups in total. The first-order valence-electron chi connectivity index (χ1n) is 7.18. The number of halogens is 2. The molecule has 2 aromatic heterocycles. The van der Waals surface area contributed by atoms with Gasteiger partial charge in [0.1, 0.15) is 4.70 Å². The van der Waals surface area contributed by atoms with E-state index in [4.69, 9.17) is 4.74 Å². The Morgan fingerprint density at radius 1 is 1.32 bits per heavy atom. The molecule has 0 bridgehead atoms. The van der Waals surface area contributed by atoms with Gasteiger partial charge >= 0.3 is 6.61 Å². The highest BCUT2D eigenvalue weighted by Gasteiger charge is 2.13. The number of nitrogens with zero attached hydrogens (tertiary/aromatic N) is 2. The third kappa shape index (κ3) is 3.77. The average Bonchev–Trinajstić information content (AvgIpc) is 3.06. The predicted molar refractivity (Wildman–Crippen MR) is 94.0 cm³/mol. The van der Waals surface area contributed by atoms with Gasteiger partial charge in [0.25, 0.3) is 5.56 Å². The zero-order valence-electron chi connectivity index (χ0n) is 13.4. The molecule has 0 amide bonds. The zero-order chi connectivity index (χ0) is 18.0. The number of alkyl halides is 2. The molecule has 0 aliphatic heterocycles. The van der Waals surface area contributed by atoms with E-state index < -0.39 is 6.61 Å². The van der Waals surface area contributed by atoms with Gasteiger partial charge in [-0.1, -0.05) is 17.8 Å². The molecule has 0 unspecified atom stereocenters. The van der Waals surface area contributed by atoms with Gasteiger partial charge in [0.2, 0.25) is 0 Å². The zero-order valence-corrected chi connectivity index (χ0v) is 15.0. The van der Waals surface area contributed by atoms with Crippen LogP contribution in [-0.4, -0.2) is 23.3 Å². The van der Waals surface area contributed by atoms with Gasteiger partial charge in [0, 0.05) is 12.8 Å². The van der Waals surface area contributed by atoms with Crippen LogP contribution in [0.1, 0.15) is 5.56 Å². The van der Waals surface area contributed by atoms with Crippen LogP contribution in [0.25, 0.3) is 10.2 Å². The number of rotatable bonds is 6. The molecule has 132 valence electrons. The largest absolute Gasteiger partial charge is 0.493 e. The molecule has 0 radical (unpaired) electrons. The van der Waals surface area contributed by atoms with Crippen LogP contribution >= 0.6 is 23.1 Å². The summed E-state index contributed by atoms with van der Waals surface area (Å²) in [7, 11) is 3.07. The quantitative estimate of drug-likeness (QED) is 0.477. The maximum absolute atomic E-state index is 12.4. The van der Waals surface area contributed by atoms with E-state index in [0.29, 0.717) is 21.1 Å². The minimum atomic E-state index is -2.91.